The highest BCUT2D eigenvalue weighted by Gasteiger charge is 2.57. The zero-order valence-electron chi connectivity index (χ0n) is 27.8. The molecule has 5 fully saturated rings. The lowest BCUT2D eigenvalue weighted by molar-refractivity contribution is -0.183. The highest BCUT2D eigenvalue weighted by molar-refractivity contribution is 5.95. The molecule has 0 aromatic heterocycles. The third-order valence-electron chi connectivity index (χ3n) is 11.7. The van der Waals surface area contributed by atoms with Crippen LogP contribution in [0.3, 0.4) is 0 Å². The minimum atomic E-state index is -0.843. The standard InChI is InChI=1S/C37H52N4O5/c1-23-30-19-29(37(30,3)4)20-31(23)39-36(45)34-33(24(2)43)32(22-42)46-41(34)21-25-9-7-10-26(17-25)27-11-8-12-28(18-27)35(44)38-13-16-40-14-5-6-15-40/h7-12,17-18,23-24,29-34,42-43H,5-6,13-16,19-22H2,1-4H3,(H,38,44)(H,39,45)/t23-,24-,29+,30-,31-,32-,33+,34-/m0/s1. The highest BCUT2D eigenvalue weighted by Crippen LogP contribution is 2.61. The van der Waals surface area contributed by atoms with Crippen LogP contribution in [0.1, 0.15) is 69.3 Å². The summed E-state index contributed by atoms with van der Waals surface area (Å²) >= 11 is 0. The SMILES string of the molecule is C[C@@H]1[C@@H](NC(=O)[C@@H]2[C@H]([C@H](C)O)[C@H](CO)ON2Cc2cccc(-c3cccc(C(=O)NCCN4CCCC4)c3)c2)C[C@H]2C[C@@H]1C2(C)C. The molecule has 0 unspecified atom stereocenters. The number of hydroxylamine groups is 2. The molecule has 9 heteroatoms. The summed E-state index contributed by atoms with van der Waals surface area (Å²) in [6, 6.07) is 15.0. The van der Waals surface area contributed by atoms with Gasteiger partial charge in [0.1, 0.15) is 12.1 Å². The molecule has 46 heavy (non-hydrogen) atoms. The average molecular weight is 633 g/mol. The van der Waals surface area contributed by atoms with Crippen molar-refractivity contribution < 1.29 is 24.6 Å². The van der Waals surface area contributed by atoms with Crippen molar-refractivity contribution in [3.63, 3.8) is 0 Å². The summed E-state index contributed by atoms with van der Waals surface area (Å²) in [6.07, 6.45) is 3.12. The molecule has 0 spiro atoms. The van der Waals surface area contributed by atoms with Gasteiger partial charge in [-0.15, -0.1) is 0 Å². The Morgan fingerprint density at radius 3 is 2.46 bits per heavy atom. The molecule has 2 aromatic carbocycles. The fourth-order valence-electron chi connectivity index (χ4n) is 8.79. The number of nitrogens with zero attached hydrogens (tertiary/aromatic N) is 2. The quantitative estimate of drug-likeness (QED) is 0.298. The number of hydrogen-bond acceptors (Lipinski definition) is 7. The number of nitrogens with one attached hydrogen (secondary N) is 2. The normalized spacial score (nSPS) is 31.3. The molecule has 8 atom stereocenters. The Labute approximate surface area is 273 Å². The van der Waals surface area contributed by atoms with Crippen LogP contribution in [0.4, 0.5) is 0 Å². The Morgan fingerprint density at radius 2 is 1.78 bits per heavy atom. The van der Waals surface area contributed by atoms with E-state index in [1.54, 1.807) is 12.0 Å². The first kappa shape index (κ1) is 33.1. The second-order valence-corrected chi connectivity index (χ2v) is 14.8. The van der Waals surface area contributed by atoms with Crippen molar-refractivity contribution in [2.45, 2.75) is 84.2 Å². The fourth-order valence-corrected chi connectivity index (χ4v) is 8.79. The number of aliphatic hydroxyl groups is 2. The minimum absolute atomic E-state index is 0.0797. The van der Waals surface area contributed by atoms with E-state index in [1.165, 1.54) is 19.3 Å². The number of aliphatic hydroxyl groups excluding tert-OH is 2. The minimum Gasteiger partial charge on any atom is -0.394 e. The number of likely N-dealkylation sites (tertiary alicyclic amines) is 1. The Morgan fingerprint density at radius 1 is 1.07 bits per heavy atom. The lowest BCUT2D eigenvalue weighted by Crippen LogP contribution is -2.62. The van der Waals surface area contributed by atoms with E-state index in [4.69, 9.17) is 4.84 Å². The molecule has 2 amide bonds. The summed E-state index contributed by atoms with van der Waals surface area (Å²) in [6.45, 7) is 12.3. The first-order chi connectivity index (χ1) is 22.1. The first-order valence-corrected chi connectivity index (χ1v) is 17.3. The number of fused-ring (bicyclic) bond motifs is 2. The maximum Gasteiger partial charge on any atom is 0.251 e. The van der Waals surface area contributed by atoms with Gasteiger partial charge in [0, 0.05) is 30.6 Å². The van der Waals surface area contributed by atoms with Crippen molar-refractivity contribution in [2.24, 2.45) is 29.1 Å². The summed E-state index contributed by atoms with van der Waals surface area (Å²) < 4.78 is 0. The van der Waals surface area contributed by atoms with Crippen LogP contribution in [-0.2, 0) is 16.2 Å². The number of hydrogen-bond donors (Lipinski definition) is 4. The van der Waals surface area contributed by atoms with Crippen molar-refractivity contribution in [2.75, 3.05) is 32.8 Å². The topological polar surface area (TPSA) is 114 Å². The van der Waals surface area contributed by atoms with E-state index in [0.717, 1.165) is 42.7 Å². The second kappa shape index (κ2) is 13.7. The second-order valence-electron chi connectivity index (χ2n) is 14.8. The van der Waals surface area contributed by atoms with E-state index >= 15 is 0 Å². The molecule has 2 aromatic rings. The maximum atomic E-state index is 14.0. The van der Waals surface area contributed by atoms with Gasteiger partial charge in [0.2, 0.25) is 5.91 Å². The van der Waals surface area contributed by atoms with Crippen molar-refractivity contribution in [1.82, 2.24) is 20.6 Å². The zero-order chi connectivity index (χ0) is 32.6. The van der Waals surface area contributed by atoms with Gasteiger partial charge in [-0.3, -0.25) is 14.4 Å². The summed E-state index contributed by atoms with van der Waals surface area (Å²) in [5.41, 5.74) is 3.73. The van der Waals surface area contributed by atoms with Gasteiger partial charge < -0.3 is 25.7 Å². The molecule has 2 bridgehead atoms. The van der Waals surface area contributed by atoms with E-state index < -0.39 is 24.2 Å². The van der Waals surface area contributed by atoms with E-state index in [2.05, 4.69) is 36.3 Å². The van der Waals surface area contributed by atoms with Crippen LogP contribution in [0.15, 0.2) is 48.5 Å². The molecule has 2 saturated heterocycles. The molecule has 5 aliphatic rings. The van der Waals surface area contributed by atoms with Gasteiger partial charge >= 0.3 is 0 Å². The zero-order valence-corrected chi connectivity index (χ0v) is 27.8. The van der Waals surface area contributed by atoms with Gasteiger partial charge in [0.05, 0.1) is 19.3 Å². The van der Waals surface area contributed by atoms with Crippen molar-refractivity contribution in [3.8, 4) is 11.1 Å². The molecular weight excluding hydrogens is 580 g/mol. The van der Waals surface area contributed by atoms with Crippen LogP contribution in [0, 0.1) is 29.1 Å². The van der Waals surface area contributed by atoms with Gasteiger partial charge in [0.25, 0.3) is 5.91 Å². The predicted octanol–water partition coefficient (Wildman–Crippen LogP) is 3.84. The van der Waals surface area contributed by atoms with Crippen molar-refractivity contribution in [1.29, 1.82) is 0 Å². The van der Waals surface area contributed by atoms with E-state index in [-0.39, 0.29) is 24.5 Å². The average Bonchev–Trinajstić information content (AvgIpc) is 3.70. The Balaban J connectivity index is 1.15. The van der Waals surface area contributed by atoms with Crippen molar-refractivity contribution >= 4 is 11.8 Å². The van der Waals surface area contributed by atoms with Gasteiger partial charge in [-0.05, 0) is 104 Å². The molecule has 3 saturated carbocycles. The lowest BCUT2D eigenvalue weighted by atomic mass is 9.45. The first-order valence-electron chi connectivity index (χ1n) is 17.3. The van der Waals surface area contributed by atoms with Crippen LogP contribution in [-0.4, -0.2) is 89.1 Å². The summed E-state index contributed by atoms with van der Waals surface area (Å²) in [5, 5.41) is 29.0. The van der Waals surface area contributed by atoms with E-state index in [1.807, 2.05) is 48.5 Å². The van der Waals surface area contributed by atoms with Gasteiger partial charge in [-0.1, -0.05) is 51.1 Å². The fraction of sp³-hybridized carbons (Fsp3) is 0.622. The molecule has 250 valence electrons. The molecule has 2 aliphatic heterocycles. The predicted molar refractivity (Wildman–Crippen MR) is 177 cm³/mol. The highest BCUT2D eigenvalue weighted by atomic mass is 16.7. The van der Waals surface area contributed by atoms with Gasteiger partial charge in [-0.2, -0.15) is 5.06 Å². The summed E-state index contributed by atoms with van der Waals surface area (Å²) in [7, 11) is 0. The smallest absolute Gasteiger partial charge is 0.251 e. The monoisotopic (exact) mass is 632 g/mol. The molecule has 0 radical (unpaired) electrons. The molecule has 7 rings (SSSR count). The van der Waals surface area contributed by atoms with E-state index in [0.29, 0.717) is 41.8 Å². The van der Waals surface area contributed by atoms with Crippen molar-refractivity contribution in [3.05, 3.63) is 59.7 Å². The molecule has 2 heterocycles. The molecular formula is C37H52N4O5. The number of amides is 2. The lowest BCUT2D eigenvalue weighted by Gasteiger charge is -2.62. The Bertz CT molecular complexity index is 1390. The largest absolute Gasteiger partial charge is 0.394 e. The van der Waals surface area contributed by atoms with Crippen LogP contribution >= 0.6 is 0 Å². The van der Waals surface area contributed by atoms with Gasteiger partial charge in [0.15, 0.2) is 0 Å². The van der Waals surface area contributed by atoms with Crippen LogP contribution in [0.2, 0.25) is 0 Å². The van der Waals surface area contributed by atoms with Crippen LogP contribution in [0.25, 0.3) is 11.1 Å². The van der Waals surface area contributed by atoms with E-state index in [9.17, 15) is 19.8 Å². The third kappa shape index (κ3) is 6.62. The molecule has 4 N–H and O–H groups in total. The Hall–Kier alpha value is -2.82. The van der Waals surface area contributed by atoms with Crippen LogP contribution in [0.5, 0.6) is 0 Å². The summed E-state index contributed by atoms with van der Waals surface area (Å²) in [5.74, 6) is 0.764. The third-order valence-corrected chi connectivity index (χ3v) is 11.7. The number of rotatable bonds is 11. The number of benzene rings is 2. The van der Waals surface area contributed by atoms with Gasteiger partial charge in [-0.25, -0.2) is 0 Å². The molecule has 9 nitrogen and oxygen atoms in total. The number of carbonyl (C=O) groups excluding carboxylic acids is 2. The maximum absolute atomic E-state index is 14.0. The number of carbonyl (C=O) groups is 2. The van der Waals surface area contributed by atoms with Crippen LogP contribution < -0.4 is 10.6 Å². The molecule has 3 aliphatic carbocycles. The Kier molecular flexibility index (Phi) is 9.88. The summed E-state index contributed by atoms with van der Waals surface area (Å²) in [4.78, 5) is 35.5.